The van der Waals surface area contributed by atoms with E-state index in [0.29, 0.717) is 27.6 Å². The number of benzene rings is 3. The van der Waals surface area contributed by atoms with Crippen LogP contribution in [-0.4, -0.2) is 46.2 Å². The van der Waals surface area contributed by atoms with Gasteiger partial charge in [0.25, 0.3) is 5.91 Å². The van der Waals surface area contributed by atoms with E-state index in [1.54, 1.807) is 35.4 Å². The van der Waals surface area contributed by atoms with Crippen LogP contribution in [0.25, 0.3) is 6.08 Å². The first-order valence-electron chi connectivity index (χ1n) is 11.2. The zero-order chi connectivity index (χ0) is 25.2. The van der Waals surface area contributed by atoms with Crippen molar-refractivity contribution in [2.45, 2.75) is 12.5 Å². The lowest BCUT2D eigenvalue weighted by atomic mass is 9.98. The summed E-state index contributed by atoms with van der Waals surface area (Å²) in [6.07, 6.45) is 2.21. The lowest BCUT2D eigenvalue weighted by Crippen LogP contribution is -2.23. The molecule has 8 nitrogen and oxygen atoms in total. The number of phenols is 2. The number of nitrogens with zero attached hydrogens (tertiary/aromatic N) is 3. The number of amidine groups is 1. The van der Waals surface area contributed by atoms with E-state index >= 15 is 0 Å². The van der Waals surface area contributed by atoms with Gasteiger partial charge in [0.05, 0.1) is 30.9 Å². The monoisotopic (exact) mass is 501 g/mol. The molecule has 0 bridgehead atoms. The van der Waals surface area contributed by atoms with E-state index in [1.165, 1.54) is 26.0 Å². The smallest absolute Gasteiger partial charge is 0.286 e. The zero-order valence-electron chi connectivity index (χ0n) is 19.6. The minimum Gasteiger partial charge on any atom is -0.508 e. The van der Waals surface area contributed by atoms with Gasteiger partial charge >= 0.3 is 0 Å². The fourth-order valence-corrected chi connectivity index (χ4v) is 5.06. The van der Waals surface area contributed by atoms with Crippen molar-refractivity contribution in [1.29, 1.82) is 0 Å². The highest BCUT2D eigenvalue weighted by atomic mass is 32.2. The first-order valence-corrected chi connectivity index (χ1v) is 12.0. The fourth-order valence-electron chi connectivity index (χ4n) is 4.15. The minimum absolute atomic E-state index is 0.116. The van der Waals surface area contributed by atoms with Crippen molar-refractivity contribution >= 4 is 34.6 Å². The molecule has 3 aromatic carbocycles. The van der Waals surface area contributed by atoms with E-state index in [4.69, 9.17) is 14.6 Å². The number of carbonyl (C=O) groups excluding carboxylic acids is 1. The summed E-state index contributed by atoms with van der Waals surface area (Å²) in [4.78, 5) is 17.5. The summed E-state index contributed by atoms with van der Waals surface area (Å²) in [6, 6.07) is 19.8. The number of phenolic OH excluding ortho intramolecular Hbond substituents is 2. The predicted octanol–water partition coefficient (Wildman–Crippen LogP) is 4.94. The van der Waals surface area contributed by atoms with Crippen molar-refractivity contribution in [1.82, 2.24) is 5.01 Å². The predicted molar refractivity (Wildman–Crippen MR) is 140 cm³/mol. The Balaban J connectivity index is 1.49. The average molecular weight is 502 g/mol. The largest absolute Gasteiger partial charge is 0.508 e. The average Bonchev–Trinajstić information content (AvgIpc) is 3.49. The van der Waals surface area contributed by atoms with Gasteiger partial charge in [-0.05, 0) is 47.2 Å². The zero-order valence-corrected chi connectivity index (χ0v) is 20.4. The van der Waals surface area contributed by atoms with Crippen molar-refractivity contribution < 1.29 is 24.5 Å². The molecule has 2 aliphatic rings. The Morgan fingerprint density at radius 3 is 2.33 bits per heavy atom. The van der Waals surface area contributed by atoms with E-state index in [2.05, 4.69) is 4.99 Å². The number of methoxy groups -OCH3 is 2. The lowest BCUT2D eigenvalue weighted by molar-refractivity contribution is -0.113. The van der Waals surface area contributed by atoms with Gasteiger partial charge in [-0.2, -0.15) is 10.1 Å². The highest BCUT2D eigenvalue weighted by molar-refractivity contribution is 8.18. The molecule has 0 aromatic heterocycles. The molecule has 0 aliphatic carbocycles. The molecule has 0 saturated carbocycles. The van der Waals surface area contributed by atoms with Crippen LogP contribution in [-0.2, 0) is 4.79 Å². The number of hydrogen-bond donors (Lipinski definition) is 2. The summed E-state index contributed by atoms with van der Waals surface area (Å²) in [5.74, 6) is 0.101. The summed E-state index contributed by atoms with van der Waals surface area (Å²) in [6.45, 7) is 0. The van der Waals surface area contributed by atoms with Crippen LogP contribution < -0.4 is 9.47 Å². The molecule has 36 heavy (non-hydrogen) atoms. The third kappa shape index (κ3) is 4.40. The molecule has 3 aromatic rings. The second-order valence-electron chi connectivity index (χ2n) is 8.12. The number of hydrazone groups is 1. The van der Waals surface area contributed by atoms with Gasteiger partial charge < -0.3 is 19.7 Å². The molecule has 1 amide bonds. The molecule has 1 atom stereocenters. The number of amides is 1. The summed E-state index contributed by atoms with van der Waals surface area (Å²) in [7, 11) is 2.88. The van der Waals surface area contributed by atoms with Gasteiger partial charge in [0.1, 0.15) is 5.75 Å². The standard InChI is InChI=1S/C27H23N3O5S/c1-34-22-12-16(13-23(35-2)25(22)32)14-24-26(33)28-27(36-24)30-20(18-10-6-7-11-21(18)31)15-19(29-30)17-8-4-3-5-9-17/h3-14,20,31-32H,15H2,1-2H3/b24-14-. The number of aromatic hydroxyl groups is 2. The molecule has 9 heteroatoms. The second kappa shape index (κ2) is 9.79. The van der Waals surface area contributed by atoms with Crippen molar-refractivity contribution in [3.8, 4) is 23.0 Å². The van der Waals surface area contributed by atoms with Crippen molar-refractivity contribution in [2.24, 2.45) is 10.1 Å². The maximum Gasteiger partial charge on any atom is 0.286 e. The maximum absolute atomic E-state index is 12.9. The van der Waals surface area contributed by atoms with Crippen LogP contribution in [0.4, 0.5) is 0 Å². The minimum atomic E-state index is -0.402. The number of para-hydroxylation sites is 1. The summed E-state index contributed by atoms with van der Waals surface area (Å²) < 4.78 is 10.4. The molecular weight excluding hydrogens is 478 g/mol. The number of carbonyl (C=O) groups is 1. The van der Waals surface area contributed by atoms with Gasteiger partial charge in [-0.15, -0.1) is 0 Å². The molecule has 0 fully saturated rings. The van der Waals surface area contributed by atoms with Crippen LogP contribution in [0.3, 0.4) is 0 Å². The normalized spacial score (nSPS) is 18.4. The van der Waals surface area contributed by atoms with Gasteiger partial charge in [-0.3, -0.25) is 4.79 Å². The Labute approximate surface area is 212 Å². The van der Waals surface area contributed by atoms with Crippen LogP contribution >= 0.6 is 11.8 Å². The van der Waals surface area contributed by atoms with Crippen molar-refractivity contribution in [2.75, 3.05) is 14.2 Å². The summed E-state index contributed by atoms with van der Waals surface area (Å²) >= 11 is 1.20. The number of thioether (sulfide) groups is 1. The number of hydrogen-bond acceptors (Lipinski definition) is 8. The Hall–Kier alpha value is -4.24. The van der Waals surface area contributed by atoms with Crippen LogP contribution in [0.15, 0.2) is 81.7 Å². The third-order valence-corrected chi connectivity index (χ3v) is 6.89. The van der Waals surface area contributed by atoms with Gasteiger partial charge in [-0.25, -0.2) is 5.01 Å². The van der Waals surface area contributed by atoms with E-state index < -0.39 is 5.91 Å². The van der Waals surface area contributed by atoms with Gasteiger partial charge in [0.2, 0.25) is 5.75 Å². The van der Waals surface area contributed by atoms with Crippen LogP contribution in [0.5, 0.6) is 23.0 Å². The van der Waals surface area contributed by atoms with Crippen LogP contribution in [0.2, 0.25) is 0 Å². The molecule has 0 spiro atoms. The highest BCUT2D eigenvalue weighted by Crippen LogP contribution is 2.43. The molecule has 2 N–H and O–H groups in total. The molecule has 1 unspecified atom stereocenters. The maximum atomic E-state index is 12.9. The van der Waals surface area contributed by atoms with Crippen molar-refractivity contribution in [3.05, 3.63) is 88.3 Å². The van der Waals surface area contributed by atoms with Gasteiger partial charge in [0.15, 0.2) is 16.7 Å². The molecule has 0 saturated heterocycles. The van der Waals surface area contributed by atoms with E-state index in [0.717, 1.165) is 11.3 Å². The Morgan fingerprint density at radius 2 is 1.67 bits per heavy atom. The highest BCUT2D eigenvalue weighted by Gasteiger charge is 2.37. The third-order valence-electron chi connectivity index (χ3n) is 5.92. The van der Waals surface area contributed by atoms with Gasteiger partial charge in [-0.1, -0.05) is 48.5 Å². The first kappa shape index (κ1) is 23.5. The Morgan fingerprint density at radius 1 is 1.00 bits per heavy atom. The molecule has 2 aliphatic heterocycles. The Kier molecular flexibility index (Phi) is 6.39. The lowest BCUT2D eigenvalue weighted by Gasteiger charge is -2.23. The number of aliphatic imine (C=N–C) groups is 1. The number of ether oxygens (including phenoxy) is 2. The SMILES string of the molecule is COc1cc(/C=C2\SC(N3N=C(c4ccccc4)CC3c3ccccc3O)=NC2=O)cc(OC)c1O. The Bertz CT molecular complexity index is 1390. The van der Waals surface area contributed by atoms with Gasteiger partial charge in [0, 0.05) is 12.0 Å². The second-order valence-corrected chi connectivity index (χ2v) is 9.13. The summed E-state index contributed by atoms with van der Waals surface area (Å²) in [5, 5.41) is 27.7. The molecule has 182 valence electrons. The molecule has 2 heterocycles. The fraction of sp³-hybridized carbons (Fsp3) is 0.148. The van der Waals surface area contributed by atoms with Crippen molar-refractivity contribution in [3.63, 3.8) is 0 Å². The topological polar surface area (TPSA) is 104 Å². The molecule has 5 rings (SSSR count). The summed E-state index contributed by atoms with van der Waals surface area (Å²) in [5.41, 5.74) is 3.12. The van der Waals surface area contributed by atoms with E-state index in [9.17, 15) is 15.0 Å². The molecule has 0 radical (unpaired) electrons. The first-order chi connectivity index (χ1) is 17.5. The van der Waals surface area contributed by atoms with E-state index in [1.807, 2.05) is 42.5 Å². The quantitative estimate of drug-likeness (QED) is 0.478. The van der Waals surface area contributed by atoms with Crippen LogP contribution in [0.1, 0.15) is 29.2 Å². The van der Waals surface area contributed by atoms with E-state index in [-0.39, 0.29) is 29.0 Å². The molecular formula is C27H23N3O5S. The van der Waals surface area contributed by atoms with Crippen LogP contribution in [0, 0.1) is 0 Å². The number of rotatable bonds is 5.